The number of nitrogens with zero attached hydrogens (tertiary/aromatic N) is 2. The van der Waals surface area contributed by atoms with Gasteiger partial charge >= 0.3 is 0 Å². The molecule has 1 atom stereocenters. The third-order valence-electron chi connectivity index (χ3n) is 7.88. The molecule has 3 aromatic rings. The van der Waals surface area contributed by atoms with Gasteiger partial charge in [-0.1, -0.05) is 73.7 Å². The quantitative estimate of drug-likeness (QED) is 0.262. The molecule has 1 saturated carbocycles. The molecule has 8 nitrogen and oxygen atoms in total. The molecule has 0 bridgehead atoms. The lowest BCUT2D eigenvalue weighted by Gasteiger charge is -2.34. The van der Waals surface area contributed by atoms with E-state index in [1.54, 1.807) is 54.6 Å². The Hall–Kier alpha value is -3.56. The van der Waals surface area contributed by atoms with Crippen LogP contribution in [0.4, 0.5) is 5.69 Å². The van der Waals surface area contributed by atoms with Crippen molar-refractivity contribution in [2.45, 2.75) is 75.9 Å². The highest BCUT2D eigenvalue weighted by Gasteiger charge is 2.34. The normalized spacial score (nSPS) is 14.5. The van der Waals surface area contributed by atoms with Crippen LogP contribution in [0.25, 0.3) is 0 Å². The van der Waals surface area contributed by atoms with Gasteiger partial charge in [0.05, 0.1) is 17.7 Å². The summed E-state index contributed by atoms with van der Waals surface area (Å²) in [5.74, 6) is -0.210. The van der Waals surface area contributed by atoms with Crippen LogP contribution in [-0.2, 0) is 26.2 Å². The molecule has 3 aromatic carbocycles. The molecule has 0 aliphatic heterocycles. The molecule has 0 unspecified atom stereocenters. The van der Waals surface area contributed by atoms with Crippen LogP contribution in [0, 0.1) is 6.92 Å². The number of carbonyl (C=O) groups is 2. The Balaban J connectivity index is 1.71. The molecule has 2 amide bonds. The number of benzene rings is 3. The highest BCUT2D eigenvalue weighted by atomic mass is 35.5. The molecule has 4 rings (SSSR count). The third kappa shape index (κ3) is 8.09. The van der Waals surface area contributed by atoms with Gasteiger partial charge in [0.2, 0.25) is 11.8 Å². The number of halogens is 1. The number of rotatable bonds is 12. The van der Waals surface area contributed by atoms with E-state index in [0.29, 0.717) is 28.4 Å². The first kappa shape index (κ1) is 32.4. The van der Waals surface area contributed by atoms with Crippen LogP contribution in [0.5, 0.6) is 5.75 Å². The van der Waals surface area contributed by atoms with Crippen molar-refractivity contribution in [2.75, 3.05) is 18.0 Å². The number of anilines is 1. The van der Waals surface area contributed by atoms with E-state index in [1.807, 2.05) is 19.9 Å². The molecule has 1 aliphatic carbocycles. The van der Waals surface area contributed by atoms with Crippen LogP contribution in [0.1, 0.15) is 56.6 Å². The first-order valence-corrected chi connectivity index (χ1v) is 16.5. The van der Waals surface area contributed by atoms with Gasteiger partial charge in [0.25, 0.3) is 10.0 Å². The average Bonchev–Trinajstić information content (AvgIpc) is 3.01. The number of amides is 2. The Labute approximate surface area is 260 Å². The smallest absolute Gasteiger partial charge is 0.264 e. The molecule has 0 radical (unpaired) electrons. The first-order valence-electron chi connectivity index (χ1n) is 14.7. The number of ether oxygens (including phenoxy) is 1. The lowest BCUT2D eigenvalue weighted by atomic mass is 9.95. The summed E-state index contributed by atoms with van der Waals surface area (Å²) in [6.07, 6.45) is 5.41. The number of nitrogens with one attached hydrogen (secondary N) is 1. The van der Waals surface area contributed by atoms with Crippen molar-refractivity contribution in [1.82, 2.24) is 10.2 Å². The minimum absolute atomic E-state index is 0.0517. The molecule has 1 aliphatic rings. The Morgan fingerprint density at radius 2 is 1.63 bits per heavy atom. The minimum Gasteiger partial charge on any atom is -0.497 e. The second-order valence-corrected chi connectivity index (χ2v) is 13.2. The Morgan fingerprint density at radius 1 is 0.977 bits per heavy atom. The van der Waals surface area contributed by atoms with Crippen molar-refractivity contribution in [2.24, 2.45) is 0 Å². The molecule has 0 aromatic heterocycles. The summed E-state index contributed by atoms with van der Waals surface area (Å²) in [5, 5.41) is 3.61. The average molecular weight is 626 g/mol. The fourth-order valence-electron chi connectivity index (χ4n) is 5.39. The largest absolute Gasteiger partial charge is 0.497 e. The van der Waals surface area contributed by atoms with E-state index in [1.165, 1.54) is 24.1 Å². The summed E-state index contributed by atoms with van der Waals surface area (Å²) >= 11 is 6.49. The summed E-state index contributed by atoms with van der Waals surface area (Å²) in [6, 6.07) is 19.4. The monoisotopic (exact) mass is 625 g/mol. The van der Waals surface area contributed by atoms with E-state index in [2.05, 4.69) is 5.32 Å². The Kier molecular flexibility index (Phi) is 11.1. The van der Waals surface area contributed by atoms with Gasteiger partial charge < -0.3 is 15.0 Å². The topological polar surface area (TPSA) is 96.0 Å². The van der Waals surface area contributed by atoms with E-state index in [4.69, 9.17) is 16.3 Å². The fourth-order valence-corrected chi connectivity index (χ4v) is 7.00. The van der Waals surface area contributed by atoms with Gasteiger partial charge in [0, 0.05) is 17.6 Å². The molecule has 0 spiro atoms. The SMILES string of the molecule is CC[C@@H](C(=O)NC1CCCCC1)N(Cc1ccccc1Cl)C(=O)CN(c1ccc(OC)cc1)S(=O)(=O)c1ccc(C)cc1. The number of hydrogen-bond acceptors (Lipinski definition) is 5. The zero-order valence-electron chi connectivity index (χ0n) is 25.0. The van der Waals surface area contributed by atoms with Crippen LogP contribution in [0.15, 0.2) is 77.7 Å². The van der Waals surface area contributed by atoms with Crippen LogP contribution in [0.3, 0.4) is 0 Å². The number of carbonyl (C=O) groups excluding carboxylic acids is 2. The summed E-state index contributed by atoms with van der Waals surface area (Å²) in [4.78, 5) is 29.4. The third-order valence-corrected chi connectivity index (χ3v) is 10.0. The highest BCUT2D eigenvalue weighted by Crippen LogP contribution is 2.28. The number of aryl methyl sites for hydroxylation is 1. The van der Waals surface area contributed by atoms with E-state index in [-0.39, 0.29) is 23.4 Å². The van der Waals surface area contributed by atoms with Crippen molar-refractivity contribution in [1.29, 1.82) is 0 Å². The molecular weight excluding hydrogens is 586 g/mol. The molecule has 1 fully saturated rings. The van der Waals surface area contributed by atoms with Gasteiger partial charge in [-0.05, 0) is 74.2 Å². The van der Waals surface area contributed by atoms with Gasteiger partial charge in [-0.2, -0.15) is 0 Å². The fraction of sp³-hybridized carbons (Fsp3) is 0.394. The van der Waals surface area contributed by atoms with E-state index >= 15 is 0 Å². The maximum atomic E-state index is 14.3. The first-order chi connectivity index (χ1) is 20.6. The van der Waals surface area contributed by atoms with Gasteiger partial charge in [0.15, 0.2) is 0 Å². The van der Waals surface area contributed by atoms with Crippen molar-refractivity contribution >= 4 is 39.1 Å². The second-order valence-electron chi connectivity index (χ2n) is 10.9. The van der Waals surface area contributed by atoms with Crippen LogP contribution >= 0.6 is 11.6 Å². The zero-order chi connectivity index (χ0) is 31.0. The summed E-state index contributed by atoms with van der Waals surface area (Å²) in [7, 11) is -2.63. The van der Waals surface area contributed by atoms with Gasteiger partial charge in [-0.3, -0.25) is 13.9 Å². The van der Waals surface area contributed by atoms with E-state index in [0.717, 1.165) is 42.0 Å². The second kappa shape index (κ2) is 14.8. The molecular formula is C33H40ClN3O5S. The van der Waals surface area contributed by atoms with E-state index < -0.39 is 28.5 Å². The molecule has 1 N–H and O–H groups in total. The van der Waals surface area contributed by atoms with Gasteiger partial charge in [0.1, 0.15) is 18.3 Å². The van der Waals surface area contributed by atoms with Crippen LogP contribution in [-0.4, -0.2) is 50.9 Å². The Bertz CT molecular complexity index is 1490. The highest BCUT2D eigenvalue weighted by molar-refractivity contribution is 7.92. The van der Waals surface area contributed by atoms with E-state index in [9.17, 15) is 18.0 Å². The molecule has 0 saturated heterocycles. The molecule has 43 heavy (non-hydrogen) atoms. The maximum Gasteiger partial charge on any atom is 0.264 e. The molecule has 230 valence electrons. The van der Waals surface area contributed by atoms with Gasteiger partial charge in [-0.25, -0.2) is 8.42 Å². The Morgan fingerprint density at radius 3 is 2.23 bits per heavy atom. The summed E-state index contributed by atoms with van der Waals surface area (Å²) < 4.78 is 34.4. The maximum absolute atomic E-state index is 14.3. The molecule has 0 heterocycles. The summed E-state index contributed by atoms with van der Waals surface area (Å²) in [6.45, 7) is 3.26. The van der Waals surface area contributed by atoms with Crippen molar-refractivity contribution < 1.29 is 22.7 Å². The predicted octanol–water partition coefficient (Wildman–Crippen LogP) is 6.11. The van der Waals surface area contributed by atoms with Crippen LogP contribution in [0.2, 0.25) is 5.02 Å². The van der Waals surface area contributed by atoms with Gasteiger partial charge in [-0.15, -0.1) is 0 Å². The lowest BCUT2D eigenvalue weighted by molar-refractivity contribution is -0.140. The van der Waals surface area contributed by atoms with Crippen molar-refractivity contribution in [3.63, 3.8) is 0 Å². The predicted molar refractivity (Wildman–Crippen MR) is 170 cm³/mol. The minimum atomic E-state index is -4.16. The number of sulfonamides is 1. The number of methoxy groups -OCH3 is 1. The number of hydrogen-bond donors (Lipinski definition) is 1. The standard InChI is InChI=1S/C33H40ClN3O5S/c1-4-31(33(39)35-26-11-6-5-7-12-26)36(22-25-10-8-9-13-30(25)34)32(38)23-37(27-16-18-28(42-3)19-17-27)43(40,41)29-20-14-24(2)15-21-29/h8-10,13-21,26,31H,4-7,11-12,22-23H2,1-3H3,(H,35,39)/t31-/m0/s1. The molecule has 10 heteroatoms. The zero-order valence-corrected chi connectivity index (χ0v) is 26.5. The van der Waals surface area contributed by atoms with Crippen molar-refractivity contribution in [3.05, 3.63) is 88.9 Å². The van der Waals surface area contributed by atoms with Crippen molar-refractivity contribution in [3.8, 4) is 5.75 Å². The van der Waals surface area contributed by atoms with Crippen LogP contribution < -0.4 is 14.4 Å². The summed E-state index contributed by atoms with van der Waals surface area (Å²) in [5.41, 5.74) is 1.87. The lowest BCUT2D eigenvalue weighted by Crippen LogP contribution is -2.54.